The maximum atomic E-state index is 12.2. The minimum absolute atomic E-state index is 0.177. The number of para-hydroxylation sites is 1. The highest BCUT2D eigenvalue weighted by Crippen LogP contribution is 2.28. The molecule has 0 radical (unpaired) electrons. The molecule has 24 heavy (non-hydrogen) atoms. The van der Waals surface area contributed by atoms with Crippen molar-refractivity contribution in [1.29, 1.82) is 0 Å². The smallest absolute Gasteiger partial charge is 0.240 e. The highest BCUT2D eigenvalue weighted by molar-refractivity contribution is 8.02. The summed E-state index contributed by atoms with van der Waals surface area (Å²) in [4.78, 5) is 12.2. The Labute approximate surface area is 151 Å². The molecule has 1 atom stereocenters. The molecule has 1 unspecified atom stereocenters. The van der Waals surface area contributed by atoms with Crippen LogP contribution >= 0.6 is 35.3 Å². The molecule has 0 aliphatic rings. The van der Waals surface area contributed by atoms with Crippen LogP contribution in [-0.2, 0) is 4.79 Å². The molecule has 0 aliphatic heterocycles. The van der Waals surface area contributed by atoms with Crippen molar-refractivity contribution in [2.24, 2.45) is 0 Å². The van der Waals surface area contributed by atoms with Crippen LogP contribution in [0.3, 0.4) is 0 Å². The van der Waals surface area contributed by atoms with Crippen molar-refractivity contribution in [3.63, 3.8) is 0 Å². The van der Waals surface area contributed by atoms with Gasteiger partial charge in [0.1, 0.15) is 0 Å². The number of carbonyl (C=O) groups excluding carboxylic acids is 1. The van der Waals surface area contributed by atoms with Crippen LogP contribution in [0.5, 0.6) is 0 Å². The van der Waals surface area contributed by atoms with Crippen molar-refractivity contribution in [1.82, 2.24) is 14.9 Å². The molecule has 0 aliphatic carbocycles. The van der Waals surface area contributed by atoms with Gasteiger partial charge < -0.3 is 4.52 Å². The van der Waals surface area contributed by atoms with E-state index >= 15 is 0 Å². The minimum atomic E-state index is -0.347. The lowest BCUT2D eigenvalue weighted by molar-refractivity contribution is -0.115. The van der Waals surface area contributed by atoms with E-state index < -0.39 is 0 Å². The highest BCUT2D eigenvalue weighted by atomic mass is 32.2. The Kier molecular flexibility index (Phi) is 5.12. The molecule has 0 saturated carbocycles. The van der Waals surface area contributed by atoms with Crippen molar-refractivity contribution >= 4 is 47.1 Å². The highest BCUT2D eigenvalue weighted by Gasteiger charge is 2.19. The molecule has 3 aromatic rings. The maximum Gasteiger partial charge on any atom is 0.240 e. The molecule has 0 spiro atoms. The minimum Gasteiger partial charge on any atom is -0.338 e. The molecule has 124 valence electrons. The third kappa shape index (κ3) is 3.92. The molecule has 2 heterocycles. The van der Waals surface area contributed by atoms with Gasteiger partial charge in [-0.15, -0.1) is 5.10 Å². The van der Waals surface area contributed by atoms with Crippen LogP contribution in [0.15, 0.2) is 45.3 Å². The summed E-state index contributed by atoms with van der Waals surface area (Å²) in [6.45, 7) is 3.60. The summed E-state index contributed by atoms with van der Waals surface area (Å²) in [5.41, 5.74) is 1.62. The first kappa shape index (κ1) is 16.9. The Morgan fingerprint density at radius 3 is 2.83 bits per heavy atom. The largest absolute Gasteiger partial charge is 0.338 e. The molecule has 3 rings (SSSR count). The van der Waals surface area contributed by atoms with Gasteiger partial charge in [0, 0.05) is 6.07 Å². The number of thioether (sulfide) groups is 1. The van der Waals surface area contributed by atoms with E-state index in [0.717, 1.165) is 10.0 Å². The van der Waals surface area contributed by atoms with Gasteiger partial charge in [-0.3, -0.25) is 10.1 Å². The predicted molar refractivity (Wildman–Crippen MR) is 97.5 cm³/mol. The summed E-state index contributed by atoms with van der Waals surface area (Å²) in [5.74, 6) is 0.163. The number of benzene rings is 1. The first-order valence-corrected chi connectivity index (χ1v) is 9.20. The molecule has 0 saturated heterocycles. The Morgan fingerprint density at radius 1 is 1.42 bits per heavy atom. The lowest BCUT2D eigenvalue weighted by atomic mass is 10.3. The van der Waals surface area contributed by atoms with Crippen LogP contribution in [0.4, 0.5) is 5.88 Å². The first-order valence-electron chi connectivity index (χ1n) is 7.09. The van der Waals surface area contributed by atoms with E-state index in [1.54, 1.807) is 24.6 Å². The van der Waals surface area contributed by atoms with Gasteiger partial charge in [0.05, 0.1) is 16.6 Å². The number of hydrogen-bond donors (Lipinski definition) is 1. The number of nitrogens with zero attached hydrogens (tertiary/aromatic N) is 3. The lowest BCUT2D eigenvalue weighted by Crippen LogP contribution is -2.22. The summed E-state index contributed by atoms with van der Waals surface area (Å²) in [7, 11) is 0. The molecular formula is C15H14N4O2S3. The average molecular weight is 379 g/mol. The van der Waals surface area contributed by atoms with Gasteiger partial charge >= 0.3 is 0 Å². The fourth-order valence-electron chi connectivity index (χ4n) is 1.89. The number of amides is 1. The van der Waals surface area contributed by atoms with E-state index in [-0.39, 0.29) is 11.2 Å². The van der Waals surface area contributed by atoms with Crippen molar-refractivity contribution in [3.8, 4) is 5.69 Å². The van der Waals surface area contributed by atoms with E-state index in [9.17, 15) is 4.79 Å². The molecular weight excluding hydrogens is 364 g/mol. The number of hydrogen-bond acceptors (Lipinski definition) is 7. The van der Waals surface area contributed by atoms with E-state index in [1.165, 1.54) is 23.1 Å². The number of nitrogens with one attached hydrogen (secondary N) is 1. The average Bonchev–Trinajstić information content (AvgIpc) is 3.13. The molecule has 1 amide bonds. The van der Waals surface area contributed by atoms with Crippen LogP contribution in [0.1, 0.15) is 12.6 Å². The fourth-order valence-corrected chi connectivity index (χ4v) is 4.40. The van der Waals surface area contributed by atoms with Crippen LogP contribution < -0.4 is 5.32 Å². The topological polar surface area (TPSA) is 73.0 Å². The van der Waals surface area contributed by atoms with E-state index in [2.05, 4.69) is 15.6 Å². The molecule has 0 bridgehead atoms. The van der Waals surface area contributed by atoms with Gasteiger partial charge in [0.15, 0.2) is 8.29 Å². The summed E-state index contributed by atoms with van der Waals surface area (Å²) in [5, 5.41) is 10.6. The first-order chi connectivity index (χ1) is 11.5. The Morgan fingerprint density at radius 2 is 2.17 bits per heavy atom. The number of rotatable bonds is 5. The van der Waals surface area contributed by atoms with Gasteiger partial charge in [-0.2, -0.15) is 0 Å². The second kappa shape index (κ2) is 7.29. The van der Waals surface area contributed by atoms with E-state index in [4.69, 9.17) is 16.7 Å². The number of aromatic nitrogens is 3. The monoisotopic (exact) mass is 378 g/mol. The van der Waals surface area contributed by atoms with Crippen LogP contribution in [0.25, 0.3) is 5.69 Å². The van der Waals surface area contributed by atoms with Gasteiger partial charge in [0.25, 0.3) is 0 Å². The summed E-state index contributed by atoms with van der Waals surface area (Å²) in [6.07, 6.45) is 0. The summed E-state index contributed by atoms with van der Waals surface area (Å²) in [6, 6.07) is 11.3. The zero-order valence-electron chi connectivity index (χ0n) is 12.9. The number of anilines is 1. The predicted octanol–water partition coefficient (Wildman–Crippen LogP) is 4.08. The SMILES string of the molecule is Cc1cc(NC(=O)C(C)Sc2nn(-c3ccccc3)c(=S)s2)on1. The standard InChI is InChI=1S/C15H14N4O2S3/c1-9-8-12(21-18-9)16-13(20)10(2)23-14-17-19(15(22)24-14)11-6-4-3-5-7-11/h3-8,10H,1-2H3,(H,16,20). The third-order valence-electron chi connectivity index (χ3n) is 3.05. The molecule has 6 nitrogen and oxygen atoms in total. The van der Waals surface area contributed by atoms with Crippen LogP contribution in [0, 0.1) is 10.9 Å². The van der Waals surface area contributed by atoms with Gasteiger partial charge in [-0.25, -0.2) is 4.68 Å². The van der Waals surface area contributed by atoms with Gasteiger partial charge in [0.2, 0.25) is 11.8 Å². The second-order valence-corrected chi connectivity index (χ2v) is 8.17. The maximum absolute atomic E-state index is 12.2. The zero-order chi connectivity index (χ0) is 17.1. The molecule has 1 N–H and O–H groups in total. The van der Waals surface area contributed by atoms with E-state index in [0.29, 0.717) is 15.5 Å². The van der Waals surface area contributed by atoms with Crippen LogP contribution in [0.2, 0.25) is 0 Å². The summed E-state index contributed by atoms with van der Waals surface area (Å²) < 4.78 is 8.07. The Balaban J connectivity index is 1.69. The van der Waals surface area contributed by atoms with Crippen molar-refractivity contribution in [2.75, 3.05) is 5.32 Å². The normalized spacial score (nSPS) is 12.1. The van der Waals surface area contributed by atoms with Crippen molar-refractivity contribution in [3.05, 3.63) is 46.0 Å². The Hall–Kier alpha value is -1.97. The molecule has 2 aromatic heterocycles. The van der Waals surface area contributed by atoms with Gasteiger partial charge in [-0.05, 0) is 38.2 Å². The molecule has 9 heteroatoms. The molecule has 0 fully saturated rings. The third-order valence-corrected chi connectivity index (χ3v) is 5.47. The van der Waals surface area contributed by atoms with Crippen molar-refractivity contribution < 1.29 is 9.32 Å². The second-order valence-electron chi connectivity index (χ2n) is 4.96. The Bertz CT molecular complexity index is 901. The lowest BCUT2D eigenvalue weighted by Gasteiger charge is -2.07. The fraction of sp³-hybridized carbons (Fsp3) is 0.200. The van der Waals surface area contributed by atoms with Crippen LogP contribution in [-0.4, -0.2) is 26.1 Å². The zero-order valence-corrected chi connectivity index (χ0v) is 15.4. The molecule has 1 aromatic carbocycles. The van der Waals surface area contributed by atoms with Crippen molar-refractivity contribution in [2.45, 2.75) is 23.4 Å². The van der Waals surface area contributed by atoms with Gasteiger partial charge in [-0.1, -0.05) is 46.5 Å². The quantitative estimate of drug-likeness (QED) is 0.533. The number of carbonyl (C=O) groups is 1. The summed E-state index contributed by atoms with van der Waals surface area (Å²) >= 11 is 8.10. The van der Waals surface area contributed by atoms with E-state index in [1.807, 2.05) is 30.3 Å². The number of aryl methyl sites for hydroxylation is 1.